The Morgan fingerprint density at radius 2 is 1.97 bits per heavy atom. The Labute approximate surface area is 176 Å². The summed E-state index contributed by atoms with van der Waals surface area (Å²) < 4.78 is 31.4. The third kappa shape index (κ3) is 7.19. The van der Waals surface area contributed by atoms with Crippen LogP contribution >= 0.6 is 0 Å². The molecule has 1 aliphatic heterocycles. The number of nitrogens with zero attached hydrogens (tertiary/aromatic N) is 2. The second kappa shape index (κ2) is 10.3. The van der Waals surface area contributed by atoms with Gasteiger partial charge in [0, 0.05) is 26.2 Å². The van der Waals surface area contributed by atoms with Gasteiger partial charge in [-0.1, -0.05) is 32.9 Å². The molecule has 1 saturated heterocycles. The van der Waals surface area contributed by atoms with Crippen molar-refractivity contribution >= 4 is 16.0 Å². The van der Waals surface area contributed by atoms with Crippen molar-refractivity contribution < 1.29 is 13.2 Å². The van der Waals surface area contributed by atoms with Crippen LogP contribution in [0.15, 0.2) is 29.3 Å². The summed E-state index contributed by atoms with van der Waals surface area (Å²) >= 11 is 0. The van der Waals surface area contributed by atoms with E-state index in [0.29, 0.717) is 32.2 Å². The maximum Gasteiger partial charge on any atom is 0.213 e. The first-order valence-corrected chi connectivity index (χ1v) is 11.9. The molecular weight excluding hydrogens is 388 g/mol. The van der Waals surface area contributed by atoms with E-state index in [0.717, 1.165) is 18.6 Å². The van der Waals surface area contributed by atoms with Gasteiger partial charge in [-0.2, -0.15) is 0 Å². The minimum atomic E-state index is -3.09. The molecule has 0 saturated carbocycles. The van der Waals surface area contributed by atoms with Gasteiger partial charge in [-0.05, 0) is 42.9 Å². The van der Waals surface area contributed by atoms with Crippen LogP contribution in [-0.4, -0.2) is 63.8 Å². The summed E-state index contributed by atoms with van der Waals surface area (Å²) in [6, 6.07) is 8.42. The highest BCUT2D eigenvalue weighted by Crippen LogP contribution is 2.25. The Morgan fingerprint density at radius 1 is 1.28 bits per heavy atom. The number of sulfonamides is 1. The third-order valence-electron chi connectivity index (χ3n) is 5.14. The van der Waals surface area contributed by atoms with E-state index in [9.17, 15) is 8.42 Å². The average Bonchev–Trinajstić information content (AvgIpc) is 2.70. The molecule has 0 aromatic heterocycles. The van der Waals surface area contributed by atoms with E-state index in [2.05, 4.69) is 48.5 Å². The van der Waals surface area contributed by atoms with Crippen LogP contribution in [0.25, 0.3) is 0 Å². The summed E-state index contributed by atoms with van der Waals surface area (Å²) in [5, 5.41) is 6.65. The van der Waals surface area contributed by atoms with E-state index in [1.54, 1.807) is 18.3 Å². The van der Waals surface area contributed by atoms with Gasteiger partial charge in [0.1, 0.15) is 12.4 Å². The Bertz CT molecular complexity index is 779. The lowest BCUT2D eigenvalue weighted by Crippen LogP contribution is -2.50. The van der Waals surface area contributed by atoms with Crippen molar-refractivity contribution in [3.8, 4) is 5.75 Å². The van der Waals surface area contributed by atoms with Crippen molar-refractivity contribution in [3.63, 3.8) is 0 Å². The second-order valence-electron chi connectivity index (χ2n) is 8.34. The van der Waals surface area contributed by atoms with Crippen LogP contribution in [0, 0.1) is 0 Å². The molecule has 1 aromatic rings. The summed E-state index contributed by atoms with van der Waals surface area (Å²) in [5.41, 5.74) is 1.34. The number of aliphatic imine (C=N–C) groups is 1. The van der Waals surface area contributed by atoms with Gasteiger partial charge in [-0.3, -0.25) is 4.99 Å². The number of rotatable bonds is 7. The number of nitrogens with one attached hydrogen (secondary N) is 2. The highest BCUT2D eigenvalue weighted by Gasteiger charge is 2.26. The lowest BCUT2D eigenvalue weighted by Gasteiger charge is -2.32. The first-order chi connectivity index (χ1) is 13.7. The summed E-state index contributed by atoms with van der Waals surface area (Å²) in [4.78, 5) is 4.26. The van der Waals surface area contributed by atoms with Crippen molar-refractivity contribution in [1.29, 1.82) is 0 Å². The van der Waals surface area contributed by atoms with Crippen LogP contribution in [0.4, 0.5) is 0 Å². The molecule has 2 N–H and O–H groups in total. The van der Waals surface area contributed by atoms with Gasteiger partial charge in [-0.25, -0.2) is 12.7 Å². The van der Waals surface area contributed by atoms with Gasteiger partial charge < -0.3 is 15.4 Å². The van der Waals surface area contributed by atoms with Crippen molar-refractivity contribution in [3.05, 3.63) is 29.8 Å². The Hall–Kier alpha value is -1.80. The number of guanidine groups is 1. The Morgan fingerprint density at radius 3 is 2.55 bits per heavy atom. The number of benzene rings is 1. The van der Waals surface area contributed by atoms with Crippen LogP contribution < -0.4 is 15.4 Å². The number of hydrogen-bond acceptors (Lipinski definition) is 4. The van der Waals surface area contributed by atoms with E-state index >= 15 is 0 Å². The Balaban J connectivity index is 1.74. The molecule has 0 spiro atoms. The summed E-state index contributed by atoms with van der Waals surface area (Å²) in [5.74, 6) is 1.74. The molecule has 2 rings (SSSR count). The van der Waals surface area contributed by atoms with Crippen LogP contribution in [0.3, 0.4) is 0 Å². The number of piperidine rings is 1. The molecule has 0 unspecified atom stereocenters. The van der Waals surface area contributed by atoms with Gasteiger partial charge in [0.15, 0.2) is 5.96 Å². The lowest BCUT2D eigenvalue weighted by atomic mass is 9.87. The quantitative estimate of drug-likeness (QED) is 0.399. The average molecular weight is 425 g/mol. The van der Waals surface area contributed by atoms with Gasteiger partial charge >= 0.3 is 0 Å². The molecule has 164 valence electrons. The zero-order valence-electron chi connectivity index (χ0n) is 18.4. The number of hydrogen-bond donors (Lipinski definition) is 2. The highest BCUT2D eigenvalue weighted by atomic mass is 32.2. The molecule has 7 nitrogen and oxygen atoms in total. The molecule has 0 aliphatic carbocycles. The highest BCUT2D eigenvalue weighted by molar-refractivity contribution is 7.89. The number of ether oxygens (including phenoxy) is 1. The minimum Gasteiger partial charge on any atom is -0.492 e. The predicted molar refractivity (Wildman–Crippen MR) is 119 cm³/mol. The largest absolute Gasteiger partial charge is 0.492 e. The third-order valence-corrected chi connectivity index (χ3v) is 7.02. The topological polar surface area (TPSA) is 83.0 Å². The molecule has 1 fully saturated rings. The molecule has 0 radical (unpaired) electrons. The molecule has 0 amide bonds. The summed E-state index contributed by atoms with van der Waals surface area (Å²) in [6.07, 6.45) is 1.55. The smallest absolute Gasteiger partial charge is 0.213 e. The minimum absolute atomic E-state index is 0.0929. The Kier molecular flexibility index (Phi) is 8.34. The van der Waals surface area contributed by atoms with E-state index in [1.807, 2.05) is 12.1 Å². The molecule has 8 heteroatoms. The van der Waals surface area contributed by atoms with Crippen molar-refractivity contribution in [2.24, 2.45) is 4.99 Å². The molecule has 1 aliphatic rings. The zero-order chi connectivity index (χ0) is 21.5. The van der Waals surface area contributed by atoms with E-state index in [-0.39, 0.29) is 17.2 Å². The van der Waals surface area contributed by atoms with Gasteiger partial charge in [0.25, 0.3) is 0 Å². The van der Waals surface area contributed by atoms with E-state index < -0.39 is 10.0 Å². The summed E-state index contributed by atoms with van der Waals surface area (Å²) in [7, 11) is -1.36. The maximum atomic E-state index is 12.0. The van der Waals surface area contributed by atoms with Gasteiger partial charge in [0.2, 0.25) is 10.0 Å². The standard InChI is InChI=1S/C21H36N4O3S/c1-6-29(26,27)25-13-10-18(11-14-25)24-20(22-5)23-12-15-28-19-9-7-8-17(16-19)21(2,3)4/h7-9,16,18H,6,10-15H2,1-5H3,(H2,22,23,24). The maximum absolute atomic E-state index is 12.0. The SMILES string of the molecule is CCS(=O)(=O)N1CCC(NC(=NC)NCCOc2cccc(C(C)(C)C)c2)CC1. The van der Waals surface area contributed by atoms with Crippen molar-refractivity contribution in [1.82, 2.24) is 14.9 Å². The first-order valence-electron chi connectivity index (χ1n) is 10.3. The van der Waals surface area contributed by atoms with E-state index in [4.69, 9.17) is 4.74 Å². The molecule has 1 aromatic carbocycles. The first kappa shape index (κ1) is 23.5. The molecule has 1 heterocycles. The molecule has 0 atom stereocenters. The molecule has 0 bridgehead atoms. The van der Waals surface area contributed by atoms with Crippen molar-refractivity contribution in [2.45, 2.75) is 52.0 Å². The molecule has 29 heavy (non-hydrogen) atoms. The van der Waals surface area contributed by atoms with Crippen LogP contribution in [0.5, 0.6) is 5.75 Å². The van der Waals surface area contributed by atoms with Crippen molar-refractivity contribution in [2.75, 3.05) is 39.0 Å². The second-order valence-corrected chi connectivity index (χ2v) is 10.6. The zero-order valence-corrected chi connectivity index (χ0v) is 19.2. The summed E-state index contributed by atoms with van der Waals surface area (Å²) in [6.45, 7) is 10.5. The normalized spacial score (nSPS) is 17.2. The predicted octanol–water partition coefficient (Wildman–Crippen LogP) is 2.34. The van der Waals surface area contributed by atoms with Gasteiger partial charge in [-0.15, -0.1) is 0 Å². The lowest BCUT2D eigenvalue weighted by molar-refractivity contribution is 0.303. The molecular formula is C21H36N4O3S. The fraction of sp³-hybridized carbons (Fsp3) is 0.667. The fourth-order valence-electron chi connectivity index (χ4n) is 3.24. The van der Waals surface area contributed by atoms with Gasteiger partial charge in [0.05, 0.1) is 12.3 Å². The van der Waals surface area contributed by atoms with Crippen LogP contribution in [0.2, 0.25) is 0 Å². The van der Waals surface area contributed by atoms with Crippen LogP contribution in [-0.2, 0) is 15.4 Å². The van der Waals surface area contributed by atoms with E-state index in [1.165, 1.54) is 5.56 Å². The monoisotopic (exact) mass is 424 g/mol. The van der Waals surface area contributed by atoms with Crippen LogP contribution in [0.1, 0.15) is 46.1 Å². The fourth-order valence-corrected chi connectivity index (χ4v) is 4.37.